The van der Waals surface area contributed by atoms with Gasteiger partial charge in [0.25, 0.3) is 0 Å². The number of carbonyl (C=O) groups is 1. The fourth-order valence-electron chi connectivity index (χ4n) is 3.08. The zero-order valence-corrected chi connectivity index (χ0v) is 16.7. The standard InChI is InChI=1S/C20H20F3NO4S/c1-3-27-16-6-4-5-15(26-2)18(16)19-24(17(25)12-29-19)11-13-7-9-14(10-8-13)28-20(21,22)23/h4-10,19H,3,11-12H2,1-2H3. The molecule has 1 amide bonds. The van der Waals surface area contributed by atoms with Crippen LogP contribution >= 0.6 is 11.8 Å². The normalized spacial score (nSPS) is 16.8. The van der Waals surface area contributed by atoms with Crippen LogP contribution in [-0.4, -0.2) is 36.6 Å². The van der Waals surface area contributed by atoms with Gasteiger partial charge in [0.05, 0.1) is 25.0 Å². The summed E-state index contributed by atoms with van der Waals surface area (Å²) in [6.07, 6.45) is -4.74. The third kappa shape index (κ3) is 5.09. The van der Waals surface area contributed by atoms with Gasteiger partial charge < -0.3 is 19.1 Å². The van der Waals surface area contributed by atoms with Gasteiger partial charge in [-0.15, -0.1) is 24.9 Å². The molecule has 2 aromatic rings. The Bertz CT molecular complexity index is 858. The number of thioether (sulfide) groups is 1. The fraction of sp³-hybridized carbons (Fsp3) is 0.350. The van der Waals surface area contributed by atoms with E-state index in [9.17, 15) is 18.0 Å². The van der Waals surface area contributed by atoms with Crippen molar-refractivity contribution in [2.75, 3.05) is 19.5 Å². The summed E-state index contributed by atoms with van der Waals surface area (Å²) in [6, 6.07) is 11.0. The number of hydrogen-bond acceptors (Lipinski definition) is 5. The van der Waals surface area contributed by atoms with E-state index in [2.05, 4.69) is 4.74 Å². The smallest absolute Gasteiger partial charge is 0.496 e. The zero-order valence-electron chi connectivity index (χ0n) is 15.9. The number of rotatable bonds is 7. The Morgan fingerprint density at radius 1 is 1.14 bits per heavy atom. The highest BCUT2D eigenvalue weighted by molar-refractivity contribution is 8.00. The first-order chi connectivity index (χ1) is 13.8. The van der Waals surface area contributed by atoms with Crippen LogP contribution in [0.25, 0.3) is 0 Å². The first-order valence-electron chi connectivity index (χ1n) is 8.88. The second-order valence-electron chi connectivity index (χ2n) is 6.18. The Morgan fingerprint density at radius 2 is 1.83 bits per heavy atom. The van der Waals surface area contributed by atoms with Crippen molar-refractivity contribution in [1.29, 1.82) is 0 Å². The molecule has 0 aromatic heterocycles. The highest BCUT2D eigenvalue weighted by Crippen LogP contribution is 2.47. The van der Waals surface area contributed by atoms with Gasteiger partial charge in [0.2, 0.25) is 5.91 Å². The van der Waals surface area contributed by atoms with Gasteiger partial charge in [-0.05, 0) is 36.8 Å². The molecule has 1 atom stereocenters. The van der Waals surface area contributed by atoms with E-state index in [1.54, 1.807) is 12.0 Å². The number of methoxy groups -OCH3 is 1. The molecule has 0 saturated carbocycles. The van der Waals surface area contributed by atoms with Crippen LogP contribution in [0.3, 0.4) is 0 Å². The molecule has 5 nitrogen and oxygen atoms in total. The summed E-state index contributed by atoms with van der Waals surface area (Å²) >= 11 is 1.45. The van der Waals surface area contributed by atoms with Crippen molar-refractivity contribution >= 4 is 17.7 Å². The van der Waals surface area contributed by atoms with Crippen LogP contribution in [0, 0.1) is 0 Å². The van der Waals surface area contributed by atoms with E-state index >= 15 is 0 Å². The lowest BCUT2D eigenvalue weighted by atomic mass is 10.1. The zero-order chi connectivity index (χ0) is 21.0. The van der Waals surface area contributed by atoms with E-state index in [4.69, 9.17) is 9.47 Å². The molecule has 0 N–H and O–H groups in total. The number of hydrogen-bond donors (Lipinski definition) is 0. The van der Waals surface area contributed by atoms with E-state index in [1.165, 1.54) is 36.0 Å². The Morgan fingerprint density at radius 3 is 2.45 bits per heavy atom. The maximum atomic E-state index is 12.5. The number of carbonyl (C=O) groups excluding carboxylic acids is 1. The quantitative estimate of drug-likeness (QED) is 0.637. The highest BCUT2D eigenvalue weighted by atomic mass is 32.2. The van der Waals surface area contributed by atoms with Crippen LogP contribution < -0.4 is 14.2 Å². The Labute approximate surface area is 170 Å². The maximum Gasteiger partial charge on any atom is 0.573 e. The van der Waals surface area contributed by atoms with Crippen LogP contribution in [0.1, 0.15) is 23.4 Å². The number of alkyl halides is 3. The minimum absolute atomic E-state index is 0.0658. The fourth-order valence-corrected chi connectivity index (χ4v) is 4.32. The van der Waals surface area contributed by atoms with Crippen LogP contribution in [0.4, 0.5) is 13.2 Å². The molecule has 1 saturated heterocycles. The van der Waals surface area contributed by atoms with E-state index in [1.807, 2.05) is 25.1 Å². The van der Waals surface area contributed by atoms with Crippen molar-refractivity contribution in [2.45, 2.75) is 25.2 Å². The van der Waals surface area contributed by atoms with Gasteiger partial charge in [0.1, 0.15) is 22.6 Å². The Balaban J connectivity index is 1.85. The molecule has 1 heterocycles. The van der Waals surface area contributed by atoms with Gasteiger partial charge in [-0.25, -0.2) is 0 Å². The van der Waals surface area contributed by atoms with Gasteiger partial charge in [-0.3, -0.25) is 4.79 Å². The topological polar surface area (TPSA) is 48.0 Å². The lowest BCUT2D eigenvalue weighted by Gasteiger charge is -2.27. The van der Waals surface area contributed by atoms with Crippen molar-refractivity contribution < 1.29 is 32.2 Å². The lowest BCUT2D eigenvalue weighted by molar-refractivity contribution is -0.274. The molecule has 2 aromatic carbocycles. The predicted molar refractivity (Wildman–Crippen MR) is 103 cm³/mol. The first kappa shape index (κ1) is 21.2. The molecule has 156 valence electrons. The number of amides is 1. The SMILES string of the molecule is CCOc1cccc(OC)c1C1SCC(=O)N1Cc1ccc(OC(F)(F)F)cc1. The summed E-state index contributed by atoms with van der Waals surface area (Å²) in [5.74, 6) is 1.18. The summed E-state index contributed by atoms with van der Waals surface area (Å²) in [5.41, 5.74) is 1.46. The van der Waals surface area contributed by atoms with Gasteiger partial charge in [0.15, 0.2) is 0 Å². The molecule has 0 spiro atoms. The Kier molecular flexibility index (Phi) is 6.46. The summed E-state index contributed by atoms with van der Waals surface area (Å²) < 4.78 is 52.1. The second-order valence-corrected chi connectivity index (χ2v) is 7.25. The highest BCUT2D eigenvalue weighted by Gasteiger charge is 2.36. The molecular formula is C20H20F3NO4S. The molecule has 1 aliphatic rings. The van der Waals surface area contributed by atoms with Crippen LogP contribution in [0.2, 0.25) is 0 Å². The third-order valence-electron chi connectivity index (χ3n) is 4.27. The number of halogens is 3. The average Bonchev–Trinajstić information content (AvgIpc) is 3.02. The molecule has 9 heteroatoms. The van der Waals surface area contributed by atoms with Crippen molar-refractivity contribution in [3.8, 4) is 17.2 Å². The molecular weight excluding hydrogens is 407 g/mol. The minimum atomic E-state index is -4.74. The van der Waals surface area contributed by atoms with Gasteiger partial charge in [-0.2, -0.15) is 0 Å². The van der Waals surface area contributed by atoms with E-state index < -0.39 is 6.36 Å². The lowest BCUT2D eigenvalue weighted by Crippen LogP contribution is -2.28. The third-order valence-corrected chi connectivity index (χ3v) is 5.49. The number of benzene rings is 2. The molecule has 1 unspecified atom stereocenters. The van der Waals surface area contributed by atoms with Crippen LogP contribution in [-0.2, 0) is 11.3 Å². The van der Waals surface area contributed by atoms with E-state index in [-0.39, 0.29) is 23.6 Å². The van der Waals surface area contributed by atoms with E-state index in [0.29, 0.717) is 29.4 Å². The molecule has 3 rings (SSSR count). The Hall–Kier alpha value is -2.55. The van der Waals surface area contributed by atoms with Gasteiger partial charge >= 0.3 is 6.36 Å². The largest absolute Gasteiger partial charge is 0.573 e. The molecule has 0 radical (unpaired) electrons. The second kappa shape index (κ2) is 8.86. The van der Waals surface area contributed by atoms with Crippen molar-refractivity contribution in [3.63, 3.8) is 0 Å². The molecule has 0 bridgehead atoms. The number of nitrogens with zero attached hydrogens (tertiary/aromatic N) is 1. The predicted octanol–water partition coefficient (Wildman–Crippen LogP) is 4.77. The molecule has 1 aliphatic heterocycles. The van der Waals surface area contributed by atoms with Crippen LogP contribution in [0.15, 0.2) is 42.5 Å². The summed E-state index contributed by atoms with van der Waals surface area (Å²) in [6.45, 7) is 2.58. The van der Waals surface area contributed by atoms with Crippen molar-refractivity contribution in [3.05, 3.63) is 53.6 Å². The molecule has 29 heavy (non-hydrogen) atoms. The molecule has 1 fully saturated rings. The van der Waals surface area contributed by atoms with Gasteiger partial charge in [-0.1, -0.05) is 18.2 Å². The maximum absolute atomic E-state index is 12.5. The summed E-state index contributed by atoms with van der Waals surface area (Å²) in [7, 11) is 1.56. The summed E-state index contributed by atoms with van der Waals surface area (Å²) in [4.78, 5) is 14.2. The van der Waals surface area contributed by atoms with Crippen molar-refractivity contribution in [1.82, 2.24) is 4.90 Å². The average molecular weight is 427 g/mol. The van der Waals surface area contributed by atoms with Crippen molar-refractivity contribution in [2.24, 2.45) is 0 Å². The molecule has 0 aliphatic carbocycles. The minimum Gasteiger partial charge on any atom is -0.496 e. The monoisotopic (exact) mass is 427 g/mol. The van der Waals surface area contributed by atoms with Crippen LogP contribution in [0.5, 0.6) is 17.2 Å². The van der Waals surface area contributed by atoms with E-state index in [0.717, 1.165) is 5.56 Å². The first-order valence-corrected chi connectivity index (χ1v) is 9.92. The summed E-state index contributed by atoms with van der Waals surface area (Å²) in [5, 5.41) is -0.327. The van der Waals surface area contributed by atoms with Gasteiger partial charge in [0, 0.05) is 6.54 Å². The number of ether oxygens (including phenoxy) is 3.